The van der Waals surface area contributed by atoms with Gasteiger partial charge in [0.2, 0.25) is 0 Å². The highest BCUT2D eigenvalue weighted by Gasteiger charge is 2.02. The Morgan fingerprint density at radius 2 is 2.00 bits per heavy atom. The standard InChI is InChI=1S/C13H17N3OS/c1-16-12(14-15-13(16)18)5-3-4-10-6-8-11(17-2)9-7-10/h6-9H,3-5H2,1-2H3,(H,15,18). The third-order valence-corrected chi connectivity index (χ3v) is 3.36. The molecule has 0 radical (unpaired) electrons. The maximum Gasteiger partial charge on any atom is 0.194 e. The van der Waals surface area contributed by atoms with Gasteiger partial charge in [-0.2, -0.15) is 5.10 Å². The molecule has 1 N–H and O–H groups in total. The van der Waals surface area contributed by atoms with Crippen molar-refractivity contribution in [3.63, 3.8) is 0 Å². The Balaban J connectivity index is 1.88. The van der Waals surface area contributed by atoms with E-state index < -0.39 is 0 Å². The molecular weight excluding hydrogens is 246 g/mol. The molecule has 0 unspecified atom stereocenters. The van der Waals surface area contributed by atoms with Gasteiger partial charge < -0.3 is 9.30 Å². The van der Waals surface area contributed by atoms with Gasteiger partial charge in [-0.05, 0) is 42.8 Å². The number of benzene rings is 1. The summed E-state index contributed by atoms with van der Waals surface area (Å²) in [5.74, 6) is 1.90. The van der Waals surface area contributed by atoms with Crippen LogP contribution in [-0.2, 0) is 19.9 Å². The van der Waals surface area contributed by atoms with Gasteiger partial charge in [0.15, 0.2) is 4.77 Å². The fraction of sp³-hybridized carbons (Fsp3) is 0.385. The molecule has 96 valence electrons. The van der Waals surface area contributed by atoms with E-state index >= 15 is 0 Å². The Bertz CT molecular complexity index is 556. The molecule has 0 aliphatic carbocycles. The topological polar surface area (TPSA) is 42.8 Å². The van der Waals surface area contributed by atoms with Gasteiger partial charge in [-0.25, -0.2) is 0 Å². The average molecular weight is 263 g/mol. The SMILES string of the molecule is COc1ccc(CCCc2n[nH]c(=S)n2C)cc1. The van der Waals surface area contributed by atoms with Gasteiger partial charge >= 0.3 is 0 Å². The number of nitrogens with zero attached hydrogens (tertiary/aromatic N) is 2. The number of rotatable bonds is 5. The van der Waals surface area contributed by atoms with Crippen molar-refractivity contribution in [1.82, 2.24) is 14.8 Å². The minimum Gasteiger partial charge on any atom is -0.497 e. The number of aromatic nitrogens is 3. The lowest BCUT2D eigenvalue weighted by Gasteiger charge is -2.03. The first-order valence-corrected chi connectivity index (χ1v) is 6.34. The highest BCUT2D eigenvalue weighted by molar-refractivity contribution is 7.71. The van der Waals surface area contributed by atoms with Crippen LogP contribution in [-0.4, -0.2) is 21.9 Å². The summed E-state index contributed by atoms with van der Waals surface area (Å²) in [4.78, 5) is 0. The van der Waals surface area contributed by atoms with Gasteiger partial charge in [0.1, 0.15) is 11.6 Å². The van der Waals surface area contributed by atoms with E-state index in [1.165, 1.54) is 5.56 Å². The molecule has 4 nitrogen and oxygen atoms in total. The molecule has 0 atom stereocenters. The van der Waals surface area contributed by atoms with Crippen LogP contribution in [0.2, 0.25) is 0 Å². The molecule has 0 spiro atoms. The predicted molar refractivity (Wildman–Crippen MR) is 73.4 cm³/mol. The molecule has 1 aromatic heterocycles. The lowest BCUT2D eigenvalue weighted by Crippen LogP contribution is -1.99. The molecule has 0 aliphatic heterocycles. The van der Waals surface area contributed by atoms with Crippen LogP contribution in [0.1, 0.15) is 17.8 Å². The second-order valence-electron chi connectivity index (χ2n) is 4.21. The van der Waals surface area contributed by atoms with Crippen LogP contribution in [0, 0.1) is 4.77 Å². The van der Waals surface area contributed by atoms with Crippen molar-refractivity contribution in [3.05, 3.63) is 40.4 Å². The van der Waals surface area contributed by atoms with E-state index in [1.54, 1.807) is 7.11 Å². The van der Waals surface area contributed by atoms with Crippen LogP contribution in [0.15, 0.2) is 24.3 Å². The summed E-state index contributed by atoms with van der Waals surface area (Å²) in [5.41, 5.74) is 1.31. The lowest BCUT2D eigenvalue weighted by molar-refractivity contribution is 0.414. The molecule has 0 saturated carbocycles. The number of ether oxygens (including phenoxy) is 1. The van der Waals surface area contributed by atoms with Gasteiger partial charge in [-0.3, -0.25) is 5.10 Å². The molecule has 0 fully saturated rings. The first kappa shape index (κ1) is 12.8. The molecule has 1 heterocycles. The zero-order valence-electron chi connectivity index (χ0n) is 10.6. The Morgan fingerprint density at radius 3 is 2.56 bits per heavy atom. The Kier molecular flexibility index (Phi) is 4.15. The summed E-state index contributed by atoms with van der Waals surface area (Å²) in [6.45, 7) is 0. The van der Waals surface area contributed by atoms with E-state index in [2.05, 4.69) is 22.3 Å². The number of aromatic amines is 1. The summed E-state index contributed by atoms with van der Waals surface area (Å²) in [7, 11) is 3.62. The number of aryl methyl sites for hydroxylation is 2. The molecule has 18 heavy (non-hydrogen) atoms. The van der Waals surface area contributed by atoms with Crippen LogP contribution in [0.25, 0.3) is 0 Å². The van der Waals surface area contributed by atoms with E-state index in [0.717, 1.165) is 30.8 Å². The van der Waals surface area contributed by atoms with E-state index in [0.29, 0.717) is 4.77 Å². The van der Waals surface area contributed by atoms with Crippen molar-refractivity contribution < 1.29 is 4.74 Å². The third kappa shape index (κ3) is 2.98. The normalized spacial score (nSPS) is 10.6. The number of nitrogens with one attached hydrogen (secondary N) is 1. The molecule has 0 bridgehead atoms. The lowest BCUT2D eigenvalue weighted by atomic mass is 10.1. The quantitative estimate of drug-likeness (QED) is 0.843. The van der Waals surface area contributed by atoms with E-state index in [-0.39, 0.29) is 0 Å². The number of methoxy groups -OCH3 is 1. The summed E-state index contributed by atoms with van der Waals surface area (Å²) in [6.07, 6.45) is 3.01. The molecule has 0 saturated heterocycles. The van der Waals surface area contributed by atoms with Gasteiger partial charge in [0.05, 0.1) is 7.11 Å². The van der Waals surface area contributed by atoms with Crippen molar-refractivity contribution in [3.8, 4) is 5.75 Å². The highest BCUT2D eigenvalue weighted by Crippen LogP contribution is 2.13. The van der Waals surface area contributed by atoms with Crippen LogP contribution in [0.3, 0.4) is 0 Å². The summed E-state index contributed by atoms with van der Waals surface area (Å²) >= 11 is 5.08. The Labute approximate surface area is 112 Å². The van der Waals surface area contributed by atoms with Gasteiger partial charge in [-0.15, -0.1) is 0 Å². The Hall–Kier alpha value is -1.62. The van der Waals surface area contributed by atoms with Crippen LogP contribution in [0.5, 0.6) is 5.75 Å². The number of H-pyrrole nitrogens is 1. The van der Waals surface area contributed by atoms with Crippen molar-refractivity contribution in [2.24, 2.45) is 7.05 Å². The predicted octanol–water partition coefficient (Wildman–Crippen LogP) is 2.66. The summed E-state index contributed by atoms with van der Waals surface area (Å²) in [5, 5.41) is 7.00. The molecule has 2 rings (SSSR count). The maximum atomic E-state index is 5.13. The minimum absolute atomic E-state index is 0.675. The van der Waals surface area contributed by atoms with Gasteiger partial charge in [-0.1, -0.05) is 12.1 Å². The second-order valence-corrected chi connectivity index (χ2v) is 4.59. The fourth-order valence-corrected chi connectivity index (χ4v) is 2.00. The monoisotopic (exact) mass is 263 g/mol. The molecular formula is C13H17N3OS. The van der Waals surface area contributed by atoms with Crippen molar-refractivity contribution >= 4 is 12.2 Å². The van der Waals surface area contributed by atoms with Crippen LogP contribution in [0.4, 0.5) is 0 Å². The zero-order chi connectivity index (χ0) is 13.0. The highest BCUT2D eigenvalue weighted by atomic mass is 32.1. The van der Waals surface area contributed by atoms with Crippen molar-refractivity contribution in [2.75, 3.05) is 7.11 Å². The minimum atomic E-state index is 0.675. The van der Waals surface area contributed by atoms with Crippen molar-refractivity contribution in [1.29, 1.82) is 0 Å². The van der Waals surface area contributed by atoms with Crippen LogP contribution >= 0.6 is 12.2 Å². The van der Waals surface area contributed by atoms with E-state index in [9.17, 15) is 0 Å². The molecule has 1 aromatic carbocycles. The number of hydrogen-bond acceptors (Lipinski definition) is 3. The maximum absolute atomic E-state index is 5.13. The Morgan fingerprint density at radius 1 is 1.28 bits per heavy atom. The number of hydrogen-bond donors (Lipinski definition) is 1. The first-order valence-electron chi connectivity index (χ1n) is 5.94. The van der Waals surface area contributed by atoms with Gasteiger partial charge in [0, 0.05) is 13.5 Å². The fourth-order valence-electron chi connectivity index (χ4n) is 1.85. The summed E-state index contributed by atoms with van der Waals surface area (Å²) in [6, 6.07) is 8.18. The summed E-state index contributed by atoms with van der Waals surface area (Å²) < 4.78 is 7.73. The van der Waals surface area contributed by atoms with Crippen molar-refractivity contribution in [2.45, 2.75) is 19.3 Å². The largest absolute Gasteiger partial charge is 0.497 e. The third-order valence-electron chi connectivity index (χ3n) is 3.00. The van der Waals surface area contributed by atoms with Gasteiger partial charge in [0.25, 0.3) is 0 Å². The van der Waals surface area contributed by atoms with Crippen LogP contribution < -0.4 is 4.74 Å². The smallest absolute Gasteiger partial charge is 0.194 e. The zero-order valence-corrected chi connectivity index (χ0v) is 11.5. The molecule has 5 heteroatoms. The molecule has 0 amide bonds. The first-order chi connectivity index (χ1) is 8.70. The average Bonchev–Trinajstić information content (AvgIpc) is 2.71. The molecule has 0 aliphatic rings. The molecule has 2 aromatic rings. The second kappa shape index (κ2) is 5.82. The van der Waals surface area contributed by atoms with E-state index in [1.807, 2.05) is 23.7 Å². The van der Waals surface area contributed by atoms with E-state index in [4.69, 9.17) is 17.0 Å².